The number of fused-ring (bicyclic) bond motifs is 4. The number of nitrogens with zero attached hydrogens (tertiary/aromatic N) is 7. The minimum absolute atomic E-state index is 0.161. The van der Waals surface area contributed by atoms with Gasteiger partial charge in [-0.15, -0.1) is 4.94 Å². The second-order valence-electron chi connectivity index (χ2n) is 4.67. The molecule has 31 heavy (non-hydrogen) atoms. The van der Waals surface area contributed by atoms with Gasteiger partial charge in [-0.25, -0.2) is 17.6 Å². The molecule has 5 atom stereocenters. The van der Waals surface area contributed by atoms with E-state index in [4.69, 9.17) is 88.6 Å². The van der Waals surface area contributed by atoms with Gasteiger partial charge >= 0.3 is 10.9 Å². The maximum Gasteiger partial charge on any atom is 0.614 e. The summed E-state index contributed by atoms with van der Waals surface area (Å²) in [4.78, 5) is 42.6. The molecule has 0 radical (unpaired) electrons. The quantitative estimate of drug-likeness (QED) is 0.0423. The molecule has 18 N–H and O–H groups in total. The molecule has 2 aliphatic rings. The predicted molar refractivity (Wildman–Crippen MR) is 88.0 cm³/mol. The number of hydroxylamine groups is 5. The van der Waals surface area contributed by atoms with E-state index in [0.717, 1.165) is 46.0 Å². The lowest BCUT2D eigenvalue weighted by atomic mass is 10.7. The van der Waals surface area contributed by atoms with E-state index in [-0.39, 0.29) is 16.1 Å². The predicted octanol–water partition coefficient (Wildman–Crippen LogP) is -6.88. The van der Waals surface area contributed by atoms with Crippen molar-refractivity contribution in [2.24, 2.45) is 52.6 Å². The van der Waals surface area contributed by atoms with E-state index in [0.29, 0.717) is 0 Å². The second-order valence-corrected chi connectivity index (χ2v) is 5.45. The Kier molecular flexibility index (Phi) is 8.82. The Morgan fingerprint density at radius 3 is 1.94 bits per heavy atom. The van der Waals surface area contributed by atoms with E-state index in [2.05, 4.69) is 19.7 Å². The van der Waals surface area contributed by atoms with Crippen LogP contribution in [-0.4, -0.2) is 42.1 Å². The van der Waals surface area contributed by atoms with Crippen LogP contribution in [0.15, 0.2) is 0 Å². The summed E-state index contributed by atoms with van der Waals surface area (Å²) in [6.45, 7) is 0. The van der Waals surface area contributed by atoms with Gasteiger partial charge in [0.2, 0.25) is 33.3 Å². The molecule has 2 bridgehead atoms. The first-order valence-corrected chi connectivity index (χ1v) is 8.29. The fourth-order valence-corrected chi connectivity index (χ4v) is 2.14. The van der Waals surface area contributed by atoms with E-state index in [1.54, 1.807) is 0 Å². The molecule has 2 fully saturated rings. The number of hydrazine groups is 2. The van der Waals surface area contributed by atoms with Crippen molar-refractivity contribution >= 4 is 46.0 Å². The van der Waals surface area contributed by atoms with E-state index in [9.17, 15) is 0 Å². The van der Waals surface area contributed by atoms with Crippen molar-refractivity contribution in [2.75, 3.05) is 0 Å². The number of rotatable bonds is 5. The molecule has 0 aromatic rings. The van der Waals surface area contributed by atoms with Crippen molar-refractivity contribution in [3.8, 4) is 0 Å². The third kappa shape index (κ3) is 5.22. The summed E-state index contributed by atoms with van der Waals surface area (Å²) >= 11 is 2.22. The summed E-state index contributed by atoms with van der Waals surface area (Å²) in [6, 6.07) is 0. The second kappa shape index (κ2) is 9.91. The normalized spacial score (nSPS) is 44.6. The van der Waals surface area contributed by atoms with Crippen LogP contribution in [0.3, 0.4) is 0 Å². The molecule has 2 aliphatic heterocycles. The van der Waals surface area contributed by atoms with Gasteiger partial charge < -0.3 is 0 Å². The average molecular weight is 700 g/mol. The molecular weight excluding hydrogens is 682 g/mol. The maximum absolute atomic E-state index is 6.01. The molecule has 2 heterocycles. The summed E-state index contributed by atoms with van der Waals surface area (Å²) in [5.74, 6) is 40.3. The van der Waals surface area contributed by atoms with E-state index >= 15 is 0 Å². The van der Waals surface area contributed by atoms with Gasteiger partial charge in [-0.1, -0.05) is 20.7 Å². The van der Waals surface area contributed by atoms with Crippen LogP contribution in [0.25, 0.3) is 0 Å². The number of hydrogen-bond acceptors (Lipinski definition) is 24. The van der Waals surface area contributed by atoms with Gasteiger partial charge in [-0.2, -0.15) is 27.3 Å². The molecule has 28 nitrogen and oxygen atoms in total. The van der Waals surface area contributed by atoms with Gasteiger partial charge in [0.05, 0.1) is 20.5 Å². The van der Waals surface area contributed by atoms with E-state index < -0.39 is 26.0 Å². The molecule has 0 saturated carbocycles. The highest BCUT2D eigenvalue weighted by Crippen LogP contribution is 2.38. The molecule has 2 rings (SSSR count). The minimum atomic E-state index is -3.28. The first-order valence-electron chi connectivity index (χ1n) is 6.53. The van der Waals surface area contributed by atoms with Crippen molar-refractivity contribution in [3.05, 3.63) is 0 Å². The molecule has 0 amide bonds. The smallest absolute Gasteiger partial charge is 0.213 e. The fraction of sp³-hybridized carbons (Fsp3) is 1.00. The Labute approximate surface area is 196 Å². The Bertz CT molecular complexity index is 623. The van der Waals surface area contributed by atoms with Crippen molar-refractivity contribution in [2.45, 2.75) is 5.97 Å². The van der Waals surface area contributed by atoms with Crippen LogP contribution >= 0.6 is 46.0 Å². The van der Waals surface area contributed by atoms with Gasteiger partial charge in [0, 0.05) is 9.88 Å². The van der Waals surface area contributed by atoms with E-state index in [1.165, 1.54) is 0 Å². The van der Waals surface area contributed by atoms with Crippen LogP contribution < -0.4 is 52.6 Å². The lowest BCUT2D eigenvalue weighted by molar-refractivity contribution is -1.67. The summed E-state index contributed by atoms with van der Waals surface area (Å²) in [6.07, 6.45) is 0. The monoisotopic (exact) mass is 700 g/mol. The lowest BCUT2D eigenvalue weighted by Crippen LogP contribution is -2.91. The van der Waals surface area contributed by atoms with Gasteiger partial charge in [-0.05, 0) is 8.11 Å². The largest absolute Gasteiger partial charge is 0.614 e. The van der Waals surface area contributed by atoms with Gasteiger partial charge in [-0.3, -0.25) is 0 Å². The molecule has 0 aliphatic carbocycles. The Morgan fingerprint density at radius 2 is 1.45 bits per heavy atom. The van der Waals surface area contributed by atoms with Crippen LogP contribution in [0.5, 0.6) is 0 Å². The van der Waals surface area contributed by atoms with Gasteiger partial charge in [0.1, 0.15) is 0 Å². The van der Waals surface area contributed by atoms with Gasteiger partial charge in [0.15, 0.2) is 32.9 Å². The molecule has 184 valence electrons. The highest BCUT2D eigenvalue weighted by molar-refractivity contribution is 14.1. The van der Waals surface area contributed by atoms with Gasteiger partial charge in [0.25, 0.3) is 10.2 Å². The van der Waals surface area contributed by atoms with E-state index in [1.807, 2.05) is 0 Å². The Balaban J connectivity index is 2.85. The molecular formula is CH18I2N16O12+4. The van der Waals surface area contributed by atoms with Crippen molar-refractivity contribution < 1.29 is 75.7 Å². The first-order chi connectivity index (χ1) is 14.3. The lowest BCUT2D eigenvalue weighted by Gasteiger charge is -2.40. The summed E-state index contributed by atoms with van der Waals surface area (Å²) in [7, 11) is 0. The van der Waals surface area contributed by atoms with Crippen molar-refractivity contribution in [1.82, 2.24) is 16.1 Å². The van der Waals surface area contributed by atoms with Crippen molar-refractivity contribution in [3.63, 3.8) is 0 Å². The standard InChI is InChI=1S/CH18I2N16O12/c2-21-16(7)1(4,20-10)17(24-12)26-13(5)25-14(6)27-19(9,30-16)29-15(23-11)28-18(8,22-3)31-17/h4-12H2/q+4. The van der Waals surface area contributed by atoms with Crippen LogP contribution in [0, 0.1) is 0 Å². The van der Waals surface area contributed by atoms with Crippen molar-refractivity contribution in [1.29, 1.82) is 0 Å². The highest BCUT2D eigenvalue weighted by Gasteiger charge is 2.87. The fourth-order valence-electron chi connectivity index (χ4n) is 1.65. The molecule has 5 unspecified atom stereocenters. The average Bonchev–Trinajstić information content (AvgIpc) is 2.69. The minimum Gasteiger partial charge on any atom is -0.213 e. The zero-order chi connectivity index (χ0) is 23.7. The SMILES string of the molecule is NON1O[N+]2(N)ON(N)ON(N)O[N+](ON)(O[N+](N)(OI)O1)C(N)(ON)[N+](N)(OI)O2. The number of nitrogens with two attached hydrogens (primary N) is 9. The summed E-state index contributed by atoms with van der Waals surface area (Å²) in [5, 5.41) is -5.17. The first kappa shape index (κ1) is 27.6. The van der Waals surface area contributed by atoms with Crippen LogP contribution in [0.1, 0.15) is 0 Å². The van der Waals surface area contributed by atoms with Crippen LogP contribution in [-0.2, 0) is 55.6 Å². The van der Waals surface area contributed by atoms with Crippen LogP contribution in [0.2, 0.25) is 0 Å². The van der Waals surface area contributed by atoms with Crippen LogP contribution in [0.4, 0.5) is 0 Å². The third-order valence-electron chi connectivity index (χ3n) is 2.80. The highest BCUT2D eigenvalue weighted by atomic mass is 127. The zero-order valence-corrected chi connectivity index (χ0v) is 18.8. The zero-order valence-electron chi connectivity index (χ0n) is 14.5. The topological polar surface area (TPSA) is 355 Å². The number of quaternary nitrogens is 4. The number of halogens is 2. The molecule has 30 heteroatoms. The molecule has 0 spiro atoms. The Hall–Kier alpha value is 0.340. The third-order valence-corrected chi connectivity index (χ3v) is 3.93. The summed E-state index contributed by atoms with van der Waals surface area (Å²) in [5.41, 5.74) is 6.01. The summed E-state index contributed by atoms with van der Waals surface area (Å²) < 4.78 is 9.58. The number of hydrogen-bond donors (Lipinski definition) is 9. The molecule has 0 aromatic carbocycles. The Morgan fingerprint density at radius 1 is 0.839 bits per heavy atom. The molecule has 0 aromatic heterocycles. The molecule has 2 saturated heterocycles. The maximum atomic E-state index is 6.01.